The number of hydrogen-bond donors (Lipinski definition) is 1. The van der Waals surface area contributed by atoms with Gasteiger partial charge in [0.1, 0.15) is 17.5 Å². The Labute approximate surface area is 180 Å². The van der Waals surface area contributed by atoms with Crippen molar-refractivity contribution in [2.24, 2.45) is 0 Å². The van der Waals surface area contributed by atoms with Gasteiger partial charge in [-0.15, -0.1) is 11.3 Å². The highest BCUT2D eigenvalue weighted by atomic mass is 32.1. The number of aromatic nitrogens is 3. The van der Waals surface area contributed by atoms with E-state index in [0.717, 1.165) is 17.4 Å². The van der Waals surface area contributed by atoms with E-state index in [2.05, 4.69) is 24.6 Å². The van der Waals surface area contributed by atoms with Crippen LogP contribution in [-0.2, 0) is 12.8 Å². The molecule has 0 unspecified atom stereocenters. The maximum Gasteiger partial charge on any atom is 0.323 e. The third-order valence-electron chi connectivity index (χ3n) is 4.79. The molecule has 0 saturated carbocycles. The van der Waals surface area contributed by atoms with Crippen molar-refractivity contribution in [1.82, 2.24) is 19.2 Å². The highest BCUT2D eigenvalue weighted by Crippen LogP contribution is 2.24. The van der Waals surface area contributed by atoms with Crippen molar-refractivity contribution >= 4 is 39.2 Å². The van der Waals surface area contributed by atoms with E-state index in [1.54, 1.807) is 4.90 Å². The molecule has 1 saturated heterocycles. The molecule has 11 heteroatoms. The summed E-state index contributed by atoms with van der Waals surface area (Å²) < 4.78 is 32.0. The highest BCUT2D eigenvalue weighted by Gasteiger charge is 2.24. The molecule has 1 N–H and O–H groups in total. The summed E-state index contributed by atoms with van der Waals surface area (Å²) in [6, 6.07) is 3.55. The van der Waals surface area contributed by atoms with Gasteiger partial charge < -0.3 is 9.80 Å². The van der Waals surface area contributed by atoms with Crippen LogP contribution in [0.4, 0.5) is 23.8 Å². The second-order valence-corrected chi connectivity index (χ2v) is 8.61. The smallest absolute Gasteiger partial charge is 0.323 e. The summed E-state index contributed by atoms with van der Waals surface area (Å²) in [6.45, 7) is 4.50. The average molecular weight is 451 g/mol. The molecule has 1 aromatic carbocycles. The van der Waals surface area contributed by atoms with Crippen LogP contribution in [0.15, 0.2) is 24.4 Å². The number of thiazole rings is 1. The van der Waals surface area contributed by atoms with Gasteiger partial charge in [-0.1, -0.05) is 13.0 Å². The Bertz CT molecular complexity index is 1010. The van der Waals surface area contributed by atoms with Gasteiger partial charge in [-0.25, -0.2) is 23.5 Å². The van der Waals surface area contributed by atoms with Crippen LogP contribution in [0.2, 0.25) is 0 Å². The lowest BCUT2D eigenvalue weighted by molar-refractivity contribution is 0.208. The van der Waals surface area contributed by atoms with E-state index in [0.29, 0.717) is 36.2 Å². The zero-order valence-electron chi connectivity index (χ0n) is 16.3. The fourth-order valence-electron chi connectivity index (χ4n) is 3.11. The zero-order chi connectivity index (χ0) is 21.1. The molecule has 3 aromatic rings. The van der Waals surface area contributed by atoms with E-state index >= 15 is 0 Å². The van der Waals surface area contributed by atoms with Gasteiger partial charge in [-0.05, 0) is 12.1 Å². The number of carbonyl (C=O) groups excluding carboxylic acids is 1. The number of nitrogens with one attached hydrogen (secondary N) is 1. The fraction of sp³-hybridized carbons (Fsp3) is 0.368. The lowest BCUT2D eigenvalue weighted by Crippen LogP contribution is -2.50. The number of anilines is 2. The molecule has 30 heavy (non-hydrogen) atoms. The van der Waals surface area contributed by atoms with Crippen molar-refractivity contribution in [2.75, 3.05) is 36.4 Å². The van der Waals surface area contributed by atoms with Gasteiger partial charge in [0.15, 0.2) is 5.13 Å². The largest absolute Gasteiger partial charge is 0.343 e. The second-order valence-electron chi connectivity index (χ2n) is 6.76. The van der Waals surface area contributed by atoms with E-state index < -0.39 is 11.6 Å². The van der Waals surface area contributed by atoms with Crippen LogP contribution < -0.4 is 10.2 Å². The fourth-order valence-corrected chi connectivity index (χ4v) is 4.73. The molecule has 3 heterocycles. The SMILES string of the molecule is CCc1nsc(N2CCN(C(=O)Nc3ncc(Cc4c(F)cccc4F)s3)CC2)n1. The zero-order valence-corrected chi connectivity index (χ0v) is 17.9. The first-order valence-corrected chi connectivity index (χ1v) is 11.1. The first kappa shape index (κ1) is 20.6. The minimum atomic E-state index is -0.589. The molecule has 0 bridgehead atoms. The first-order valence-electron chi connectivity index (χ1n) is 9.54. The summed E-state index contributed by atoms with van der Waals surface area (Å²) in [7, 11) is 0. The Balaban J connectivity index is 1.32. The normalized spacial score (nSPS) is 14.2. The van der Waals surface area contributed by atoms with Gasteiger partial charge in [-0.2, -0.15) is 4.37 Å². The van der Waals surface area contributed by atoms with E-state index in [4.69, 9.17) is 0 Å². The number of halogens is 2. The van der Waals surface area contributed by atoms with E-state index in [9.17, 15) is 13.6 Å². The van der Waals surface area contributed by atoms with E-state index in [1.165, 1.54) is 47.3 Å². The first-order chi connectivity index (χ1) is 14.5. The van der Waals surface area contributed by atoms with Crippen molar-refractivity contribution in [1.29, 1.82) is 0 Å². The number of hydrogen-bond acceptors (Lipinski definition) is 7. The summed E-state index contributed by atoms with van der Waals surface area (Å²) in [5.41, 5.74) is -0.00180. The minimum absolute atomic E-state index is 0.00180. The van der Waals surface area contributed by atoms with Crippen LogP contribution in [-0.4, -0.2) is 51.5 Å². The van der Waals surface area contributed by atoms with Crippen LogP contribution >= 0.6 is 22.9 Å². The molecule has 2 amide bonds. The molecule has 4 rings (SSSR count). The van der Waals surface area contributed by atoms with Crippen molar-refractivity contribution in [3.63, 3.8) is 0 Å². The number of piperazine rings is 1. The van der Waals surface area contributed by atoms with Crippen LogP contribution in [0.3, 0.4) is 0 Å². The predicted molar refractivity (Wildman–Crippen MR) is 113 cm³/mol. The Hall–Kier alpha value is -2.66. The number of rotatable bonds is 5. The summed E-state index contributed by atoms with van der Waals surface area (Å²) in [5.74, 6) is -0.341. The topological polar surface area (TPSA) is 74.2 Å². The summed E-state index contributed by atoms with van der Waals surface area (Å²) in [5, 5.41) is 4.07. The van der Waals surface area contributed by atoms with E-state index in [1.807, 2.05) is 6.92 Å². The number of urea groups is 1. The standard InChI is InChI=1S/C19H20F2N6OS2/c1-2-16-23-19(30-25-16)27-8-6-26(7-9-27)18(28)24-17-22-11-12(29-17)10-13-14(20)4-3-5-15(13)21/h3-5,11H,2,6-10H2,1H3,(H,22,24,28). The lowest BCUT2D eigenvalue weighted by atomic mass is 10.1. The Morgan fingerprint density at radius 2 is 1.93 bits per heavy atom. The molecule has 0 atom stereocenters. The molecule has 0 radical (unpaired) electrons. The van der Waals surface area contributed by atoms with Crippen LogP contribution in [0.5, 0.6) is 0 Å². The molecule has 0 aliphatic carbocycles. The van der Waals surface area contributed by atoms with Gasteiger partial charge in [-0.3, -0.25) is 5.32 Å². The number of benzene rings is 1. The summed E-state index contributed by atoms with van der Waals surface area (Å²) in [4.78, 5) is 25.7. The Kier molecular flexibility index (Phi) is 6.18. The molecule has 0 spiro atoms. The van der Waals surface area contributed by atoms with Gasteiger partial charge in [0.25, 0.3) is 0 Å². The second kappa shape index (κ2) is 9.00. The molecule has 7 nitrogen and oxygen atoms in total. The van der Waals surface area contributed by atoms with Crippen LogP contribution in [0.25, 0.3) is 0 Å². The van der Waals surface area contributed by atoms with Gasteiger partial charge in [0, 0.05) is 67.2 Å². The molecule has 158 valence electrons. The monoisotopic (exact) mass is 450 g/mol. The number of carbonyl (C=O) groups is 1. The Morgan fingerprint density at radius 1 is 1.20 bits per heavy atom. The van der Waals surface area contributed by atoms with Crippen LogP contribution in [0.1, 0.15) is 23.2 Å². The van der Waals surface area contributed by atoms with Gasteiger partial charge in [0.05, 0.1) is 0 Å². The predicted octanol–water partition coefficient (Wildman–Crippen LogP) is 3.78. The maximum atomic E-state index is 13.8. The van der Waals surface area contributed by atoms with Gasteiger partial charge in [0.2, 0.25) is 5.13 Å². The highest BCUT2D eigenvalue weighted by molar-refractivity contribution is 7.15. The number of nitrogens with zero attached hydrogens (tertiary/aromatic N) is 5. The number of amides is 2. The van der Waals surface area contributed by atoms with Crippen molar-refractivity contribution in [2.45, 2.75) is 19.8 Å². The lowest BCUT2D eigenvalue weighted by Gasteiger charge is -2.34. The third-order valence-corrected chi connectivity index (χ3v) is 6.52. The molecule has 1 aliphatic rings. The number of aryl methyl sites for hydroxylation is 1. The quantitative estimate of drug-likeness (QED) is 0.640. The summed E-state index contributed by atoms with van der Waals surface area (Å²) >= 11 is 2.59. The average Bonchev–Trinajstić information content (AvgIpc) is 3.40. The summed E-state index contributed by atoms with van der Waals surface area (Å²) in [6.07, 6.45) is 2.43. The molecular formula is C19H20F2N6OS2. The van der Waals surface area contributed by atoms with Crippen molar-refractivity contribution < 1.29 is 13.6 Å². The van der Waals surface area contributed by atoms with Crippen LogP contribution in [0, 0.1) is 11.6 Å². The Morgan fingerprint density at radius 3 is 2.60 bits per heavy atom. The van der Waals surface area contributed by atoms with Crippen molar-refractivity contribution in [3.05, 3.63) is 52.3 Å². The minimum Gasteiger partial charge on any atom is -0.343 e. The molecule has 1 fully saturated rings. The van der Waals surface area contributed by atoms with E-state index in [-0.39, 0.29) is 18.0 Å². The molecule has 2 aromatic heterocycles. The van der Waals surface area contributed by atoms with Crippen molar-refractivity contribution in [3.8, 4) is 0 Å². The van der Waals surface area contributed by atoms with Gasteiger partial charge >= 0.3 is 6.03 Å². The molecule has 1 aliphatic heterocycles. The molecular weight excluding hydrogens is 430 g/mol. The third kappa shape index (κ3) is 4.57. The maximum absolute atomic E-state index is 13.8.